The fourth-order valence-corrected chi connectivity index (χ4v) is 3.43. The molecule has 0 atom stereocenters. The maximum atomic E-state index is 12.4. The van der Waals surface area contributed by atoms with Crippen LogP contribution in [-0.2, 0) is 9.59 Å². The molecule has 2 aliphatic rings. The molecule has 26 heavy (non-hydrogen) atoms. The van der Waals surface area contributed by atoms with Gasteiger partial charge < -0.3 is 10.2 Å². The van der Waals surface area contributed by atoms with Gasteiger partial charge in [0.2, 0.25) is 5.91 Å². The first kappa shape index (κ1) is 16.3. The number of nitrogens with one attached hydrogen (secondary N) is 2. The van der Waals surface area contributed by atoms with Crippen LogP contribution in [0.25, 0.3) is 17.0 Å². The summed E-state index contributed by atoms with van der Waals surface area (Å²) in [5, 5.41) is 6.01. The molecule has 0 unspecified atom stereocenters. The standard InChI is InChI=1S/C19H18N4O3/c24-16(8-7-14-6-5-13-3-1-2-4-15(13)20-14)23-11-9-19(10-12-23)17(25)21-18(26)22-19/h1-8H,9-12H2,(H2,21,22,25,26). The number of rotatable bonds is 2. The van der Waals surface area contributed by atoms with E-state index in [-0.39, 0.29) is 11.8 Å². The van der Waals surface area contributed by atoms with Crippen molar-refractivity contribution < 1.29 is 14.4 Å². The van der Waals surface area contributed by atoms with E-state index in [1.165, 1.54) is 6.08 Å². The molecule has 4 rings (SSSR count). The molecule has 2 aromatic rings. The zero-order chi connectivity index (χ0) is 18.1. The number of hydrogen-bond acceptors (Lipinski definition) is 4. The first-order valence-corrected chi connectivity index (χ1v) is 8.52. The first-order valence-electron chi connectivity index (χ1n) is 8.52. The van der Waals surface area contributed by atoms with Crippen LogP contribution in [0.4, 0.5) is 4.79 Å². The van der Waals surface area contributed by atoms with Gasteiger partial charge in [0.15, 0.2) is 0 Å². The zero-order valence-electron chi connectivity index (χ0n) is 14.1. The second-order valence-electron chi connectivity index (χ2n) is 6.58. The number of amides is 4. The van der Waals surface area contributed by atoms with E-state index in [2.05, 4.69) is 15.6 Å². The number of carbonyl (C=O) groups is 3. The van der Waals surface area contributed by atoms with Gasteiger partial charge >= 0.3 is 6.03 Å². The van der Waals surface area contributed by atoms with Crippen LogP contribution >= 0.6 is 0 Å². The van der Waals surface area contributed by atoms with Gasteiger partial charge in [-0.1, -0.05) is 24.3 Å². The van der Waals surface area contributed by atoms with Gasteiger partial charge in [0.25, 0.3) is 5.91 Å². The molecule has 2 fully saturated rings. The minimum atomic E-state index is -0.864. The summed E-state index contributed by atoms with van der Waals surface area (Å²) in [6.07, 6.45) is 4.03. The van der Waals surface area contributed by atoms with Crippen molar-refractivity contribution in [3.05, 3.63) is 48.2 Å². The molecule has 0 saturated carbocycles. The lowest BCUT2D eigenvalue weighted by Crippen LogP contribution is -2.55. The van der Waals surface area contributed by atoms with E-state index in [0.717, 1.165) is 10.9 Å². The molecule has 7 nitrogen and oxygen atoms in total. The summed E-state index contributed by atoms with van der Waals surface area (Å²) in [5.41, 5.74) is 0.732. The smallest absolute Gasteiger partial charge is 0.322 e. The largest absolute Gasteiger partial charge is 0.339 e. The number of imide groups is 1. The number of carbonyl (C=O) groups excluding carboxylic acids is 3. The van der Waals surface area contributed by atoms with Gasteiger partial charge in [0.1, 0.15) is 5.54 Å². The van der Waals surface area contributed by atoms with Crippen molar-refractivity contribution in [1.29, 1.82) is 0 Å². The number of para-hydroxylation sites is 1. The quantitative estimate of drug-likeness (QED) is 0.633. The normalized spacial score (nSPS) is 19.2. The maximum absolute atomic E-state index is 12.4. The number of piperidine rings is 1. The number of benzene rings is 1. The molecule has 0 aliphatic carbocycles. The van der Waals surface area contributed by atoms with Crippen LogP contribution in [0, 0.1) is 0 Å². The molecule has 7 heteroatoms. The molecule has 2 saturated heterocycles. The highest BCUT2D eigenvalue weighted by atomic mass is 16.2. The molecule has 0 radical (unpaired) electrons. The second kappa shape index (κ2) is 6.25. The molecular weight excluding hydrogens is 332 g/mol. The lowest BCUT2D eigenvalue weighted by Gasteiger charge is -2.36. The van der Waals surface area contributed by atoms with Gasteiger partial charge in [-0.2, -0.15) is 0 Å². The Labute approximate surface area is 150 Å². The number of likely N-dealkylation sites (tertiary alicyclic amines) is 1. The van der Waals surface area contributed by atoms with Gasteiger partial charge in [-0.25, -0.2) is 9.78 Å². The summed E-state index contributed by atoms with van der Waals surface area (Å²) in [6, 6.07) is 11.2. The van der Waals surface area contributed by atoms with E-state index in [9.17, 15) is 14.4 Å². The highest BCUT2D eigenvalue weighted by Crippen LogP contribution is 2.25. The first-order chi connectivity index (χ1) is 12.6. The molecule has 3 heterocycles. The minimum absolute atomic E-state index is 0.125. The SMILES string of the molecule is O=C1NC(=O)C2(CCN(C(=O)C=Cc3ccc4ccccc4n3)CC2)N1. The summed E-state index contributed by atoms with van der Waals surface area (Å²) >= 11 is 0. The molecule has 2 aliphatic heterocycles. The summed E-state index contributed by atoms with van der Waals surface area (Å²) in [6.45, 7) is 0.837. The monoisotopic (exact) mass is 350 g/mol. The van der Waals surface area contributed by atoms with Gasteiger partial charge in [-0.3, -0.25) is 14.9 Å². The Balaban J connectivity index is 1.41. The van der Waals surface area contributed by atoms with Crippen molar-refractivity contribution in [1.82, 2.24) is 20.5 Å². The van der Waals surface area contributed by atoms with Crippen molar-refractivity contribution in [3.63, 3.8) is 0 Å². The number of hydrogen-bond donors (Lipinski definition) is 2. The number of aromatic nitrogens is 1. The van der Waals surface area contributed by atoms with E-state index in [0.29, 0.717) is 31.6 Å². The maximum Gasteiger partial charge on any atom is 0.322 e. The van der Waals surface area contributed by atoms with E-state index < -0.39 is 11.6 Å². The van der Waals surface area contributed by atoms with Crippen LogP contribution < -0.4 is 10.6 Å². The van der Waals surface area contributed by atoms with Crippen LogP contribution in [0.5, 0.6) is 0 Å². The topological polar surface area (TPSA) is 91.4 Å². The Morgan fingerprint density at radius 1 is 1.12 bits per heavy atom. The van der Waals surface area contributed by atoms with Crippen molar-refractivity contribution in [2.45, 2.75) is 18.4 Å². The Morgan fingerprint density at radius 3 is 2.62 bits per heavy atom. The van der Waals surface area contributed by atoms with Gasteiger partial charge in [0.05, 0.1) is 11.2 Å². The van der Waals surface area contributed by atoms with E-state index in [1.807, 2.05) is 36.4 Å². The predicted molar refractivity (Wildman–Crippen MR) is 96.0 cm³/mol. The molecule has 132 valence electrons. The number of pyridine rings is 1. The number of fused-ring (bicyclic) bond motifs is 1. The highest BCUT2D eigenvalue weighted by Gasteiger charge is 2.48. The molecule has 1 spiro atoms. The van der Waals surface area contributed by atoms with Crippen molar-refractivity contribution in [3.8, 4) is 0 Å². The highest BCUT2D eigenvalue weighted by molar-refractivity contribution is 6.07. The third-order valence-electron chi connectivity index (χ3n) is 4.96. The average Bonchev–Trinajstić information content (AvgIpc) is 2.93. The lowest BCUT2D eigenvalue weighted by molar-refractivity contribution is -0.132. The van der Waals surface area contributed by atoms with E-state index in [1.54, 1.807) is 11.0 Å². The van der Waals surface area contributed by atoms with Crippen LogP contribution in [0.2, 0.25) is 0 Å². The third-order valence-corrected chi connectivity index (χ3v) is 4.96. The summed E-state index contributed by atoms with van der Waals surface area (Å²) in [5.74, 6) is -0.426. The van der Waals surface area contributed by atoms with Crippen LogP contribution in [-0.4, -0.2) is 46.4 Å². The summed E-state index contributed by atoms with van der Waals surface area (Å²) in [4.78, 5) is 41.9. The number of nitrogens with zero attached hydrogens (tertiary/aromatic N) is 2. The van der Waals surface area contributed by atoms with Crippen LogP contribution in [0.1, 0.15) is 18.5 Å². The molecular formula is C19H18N4O3. The summed E-state index contributed by atoms with van der Waals surface area (Å²) in [7, 11) is 0. The van der Waals surface area contributed by atoms with Crippen molar-refractivity contribution in [2.75, 3.05) is 13.1 Å². The molecule has 1 aromatic carbocycles. The Bertz CT molecular complexity index is 929. The lowest BCUT2D eigenvalue weighted by atomic mass is 9.87. The Hall–Kier alpha value is -3.22. The van der Waals surface area contributed by atoms with Crippen molar-refractivity contribution >= 4 is 34.8 Å². The van der Waals surface area contributed by atoms with Gasteiger partial charge in [0, 0.05) is 24.6 Å². The number of urea groups is 1. The third kappa shape index (κ3) is 2.92. The minimum Gasteiger partial charge on any atom is -0.339 e. The van der Waals surface area contributed by atoms with Crippen molar-refractivity contribution in [2.24, 2.45) is 0 Å². The molecule has 1 aromatic heterocycles. The van der Waals surface area contributed by atoms with E-state index in [4.69, 9.17) is 0 Å². The van der Waals surface area contributed by atoms with Gasteiger partial charge in [-0.15, -0.1) is 0 Å². The fourth-order valence-electron chi connectivity index (χ4n) is 3.43. The Kier molecular flexibility index (Phi) is 3.91. The summed E-state index contributed by atoms with van der Waals surface area (Å²) < 4.78 is 0. The molecule has 4 amide bonds. The van der Waals surface area contributed by atoms with Crippen LogP contribution in [0.15, 0.2) is 42.5 Å². The van der Waals surface area contributed by atoms with E-state index >= 15 is 0 Å². The zero-order valence-corrected chi connectivity index (χ0v) is 14.1. The Morgan fingerprint density at radius 2 is 1.88 bits per heavy atom. The van der Waals surface area contributed by atoms with Crippen LogP contribution in [0.3, 0.4) is 0 Å². The predicted octanol–water partition coefficient (Wildman–Crippen LogP) is 1.45. The molecule has 2 N–H and O–H groups in total. The fraction of sp³-hybridized carbons (Fsp3) is 0.263. The average molecular weight is 350 g/mol. The van der Waals surface area contributed by atoms with Gasteiger partial charge in [-0.05, 0) is 31.1 Å². The second-order valence-corrected chi connectivity index (χ2v) is 6.58. The molecule has 0 bridgehead atoms.